The summed E-state index contributed by atoms with van der Waals surface area (Å²) in [6.45, 7) is 0. The third-order valence-electron chi connectivity index (χ3n) is 0.101. The molecule has 0 aliphatic heterocycles. The van der Waals surface area contributed by atoms with E-state index in [0.29, 0.717) is 0 Å². The van der Waals surface area contributed by atoms with Gasteiger partial charge in [0.15, 0.2) is 0 Å². The van der Waals surface area contributed by atoms with Crippen molar-refractivity contribution >= 4 is 8.25 Å². The monoisotopic (exact) mass is 97.0 g/mol. The summed E-state index contributed by atoms with van der Waals surface area (Å²) in [5.74, 6) is 4.15. The lowest BCUT2D eigenvalue weighted by atomic mass is 13.6. The summed E-state index contributed by atoms with van der Waals surface area (Å²) in [4.78, 5) is 7.56. The molecule has 4 nitrogen and oxygen atoms in total. The molecule has 0 heterocycles. The minimum absolute atomic E-state index is 2.85. The van der Waals surface area contributed by atoms with Crippen LogP contribution in [0.3, 0.4) is 0 Å². The molecule has 1 unspecified atom stereocenters. The van der Waals surface area contributed by atoms with Gasteiger partial charge in [0.25, 0.3) is 0 Å². The zero-order valence-electron chi connectivity index (χ0n) is 2.34. The predicted molar refractivity (Wildman–Crippen MR) is 16.5 cm³/mol. The fourth-order valence-electron chi connectivity index (χ4n) is 0. The summed E-state index contributed by atoms with van der Waals surface area (Å²) in [6.07, 6.45) is 0. The molecule has 0 saturated heterocycles. The van der Waals surface area contributed by atoms with E-state index in [1.54, 1.807) is 0 Å². The molecule has 0 saturated carbocycles. The van der Waals surface area contributed by atoms with E-state index in [9.17, 15) is 4.57 Å². The van der Waals surface area contributed by atoms with Crippen molar-refractivity contribution in [3.05, 3.63) is 0 Å². The molecule has 1 atom stereocenters. The lowest BCUT2D eigenvalue weighted by molar-refractivity contribution is 0.292. The van der Waals surface area contributed by atoms with Crippen LogP contribution in [-0.4, -0.2) is 4.89 Å². The van der Waals surface area contributed by atoms with Gasteiger partial charge in [-0.05, 0) is 0 Å². The highest BCUT2D eigenvalue weighted by Gasteiger charge is 1.75. The van der Waals surface area contributed by atoms with E-state index in [0.717, 1.165) is 0 Å². The predicted octanol–water partition coefficient (Wildman–Crippen LogP) is -0.741. The molecule has 0 fully saturated rings. The third kappa shape index (κ3) is 4.11. The van der Waals surface area contributed by atoms with Crippen LogP contribution in [0.4, 0.5) is 0 Å². The first-order chi connectivity index (χ1) is 2.27. The Labute approximate surface area is 29.5 Å². The summed E-state index contributed by atoms with van der Waals surface area (Å²) < 4.78 is 12.6. The maximum absolute atomic E-state index is 9.21. The van der Waals surface area contributed by atoms with Crippen LogP contribution in [0.25, 0.3) is 0 Å². The molecule has 5 heteroatoms. The Balaban J connectivity index is 2.85. The second kappa shape index (κ2) is 2.35. The molecule has 0 bridgehead atoms. The van der Waals surface area contributed by atoms with Gasteiger partial charge in [0, 0.05) is 0 Å². The van der Waals surface area contributed by atoms with Crippen LogP contribution >= 0.6 is 8.25 Å². The smallest absolute Gasteiger partial charge is 0.325 e. The lowest BCUT2D eigenvalue weighted by Gasteiger charge is -1.78. The van der Waals surface area contributed by atoms with Crippen molar-refractivity contribution in [1.82, 2.24) is 0 Å². The molecule has 0 rings (SSSR count). The van der Waals surface area contributed by atoms with Gasteiger partial charge in [0.1, 0.15) is 0 Å². The molecule has 0 aliphatic rings. The van der Waals surface area contributed by atoms with E-state index in [2.05, 4.69) is 10.5 Å². The van der Waals surface area contributed by atoms with Gasteiger partial charge in [0.2, 0.25) is 0 Å². The average Bonchev–Trinajstić information content (AvgIpc) is 1.38. The maximum atomic E-state index is 9.21. The highest BCUT2D eigenvalue weighted by Crippen LogP contribution is 2.07. The summed E-state index contributed by atoms with van der Waals surface area (Å²) in [5.41, 5.74) is 0. The first kappa shape index (κ1) is 5.11. The maximum Gasteiger partial charge on any atom is 0.332 e. The number of hydrogen-bond acceptors (Lipinski definition) is 3. The van der Waals surface area contributed by atoms with Gasteiger partial charge in [0.05, 0.1) is 0 Å². The molecule has 5 heavy (non-hydrogen) atoms. The van der Waals surface area contributed by atoms with E-state index < -0.39 is 8.25 Å². The van der Waals surface area contributed by atoms with E-state index in [1.807, 2.05) is 0 Å². The molecular formula is H4NO3P. The molecule has 3 N–H and O–H groups in total. The van der Waals surface area contributed by atoms with Crippen LogP contribution in [0.15, 0.2) is 0 Å². The third-order valence-corrected chi connectivity index (χ3v) is 0.302. The Morgan fingerprint density at radius 1 is 2.00 bits per heavy atom. The van der Waals surface area contributed by atoms with Crippen LogP contribution in [0.2, 0.25) is 0 Å². The summed E-state index contributed by atoms with van der Waals surface area (Å²) >= 11 is 0. The highest BCUT2D eigenvalue weighted by molar-refractivity contribution is 7.32. The Morgan fingerprint density at radius 3 is 2.20 bits per heavy atom. The quantitative estimate of drug-likeness (QED) is 0.334. The normalized spacial score (nSPS) is 14.8. The van der Waals surface area contributed by atoms with Gasteiger partial charge >= 0.3 is 8.25 Å². The summed E-state index contributed by atoms with van der Waals surface area (Å²) in [7, 11) is -2.85. The molecule has 0 amide bonds. The van der Waals surface area contributed by atoms with Gasteiger partial charge in [-0.2, -0.15) is 0 Å². The van der Waals surface area contributed by atoms with Gasteiger partial charge in [-0.15, -0.1) is 0 Å². The second-order valence-corrected chi connectivity index (χ2v) is 1.15. The van der Waals surface area contributed by atoms with Crippen molar-refractivity contribution in [2.45, 2.75) is 0 Å². The SMILES string of the molecule is NO[PH](=O)O. The van der Waals surface area contributed by atoms with Crippen molar-refractivity contribution in [3.63, 3.8) is 0 Å². The Bertz CT molecular complexity index is 42.2. The zero-order chi connectivity index (χ0) is 4.28. The second-order valence-electron chi connectivity index (χ2n) is 0.384. The molecule has 0 aliphatic carbocycles. The summed E-state index contributed by atoms with van der Waals surface area (Å²) in [5, 5.41) is 0. The number of hydrogen-bond donors (Lipinski definition) is 2. The van der Waals surface area contributed by atoms with Crippen molar-refractivity contribution in [3.8, 4) is 0 Å². The zero-order valence-corrected chi connectivity index (χ0v) is 3.34. The number of nitrogens with two attached hydrogens (primary N) is 1. The van der Waals surface area contributed by atoms with Crippen LogP contribution in [-0.2, 0) is 9.19 Å². The Morgan fingerprint density at radius 2 is 2.20 bits per heavy atom. The average molecular weight is 97.0 g/mol. The molecule has 0 spiro atoms. The molecule has 0 aromatic rings. The topological polar surface area (TPSA) is 72.5 Å². The van der Waals surface area contributed by atoms with E-state index in [4.69, 9.17) is 4.89 Å². The fraction of sp³-hybridized carbons (Fsp3) is 0. The first-order valence-corrected chi connectivity index (χ1v) is 2.13. The molecule has 32 valence electrons. The largest absolute Gasteiger partial charge is 0.332 e. The number of rotatable bonds is 1. The molecule has 0 radical (unpaired) electrons. The fourth-order valence-corrected chi connectivity index (χ4v) is 0. The van der Waals surface area contributed by atoms with E-state index in [-0.39, 0.29) is 0 Å². The summed E-state index contributed by atoms with van der Waals surface area (Å²) in [6, 6.07) is 0. The van der Waals surface area contributed by atoms with Crippen molar-refractivity contribution < 1.29 is 14.1 Å². The van der Waals surface area contributed by atoms with Crippen molar-refractivity contribution in [1.29, 1.82) is 0 Å². The van der Waals surface area contributed by atoms with E-state index in [1.165, 1.54) is 0 Å². The standard InChI is InChI=1S/H4NO3P/c1-4-5(2)3/h5H,1H2,(H,2,3). The van der Waals surface area contributed by atoms with Crippen molar-refractivity contribution in [2.75, 3.05) is 0 Å². The Kier molecular flexibility index (Phi) is 2.41. The highest BCUT2D eigenvalue weighted by atomic mass is 31.1. The lowest BCUT2D eigenvalue weighted by Crippen LogP contribution is -1.84. The van der Waals surface area contributed by atoms with Gasteiger partial charge in [-0.1, -0.05) is 0 Å². The van der Waals surface area contributed by atoms with Crippen LogP contribution in [0.5, 0.6) is 0 Å². The van der Waals surface area contributed by atoms with Crippen LogP contribution < -0.4 is 5.90 Å². The van der Waals surface area contributed by atoms with Gasteiger partial charge < -0.3 is 4.89 Å². The van der Waals surface area contributed by atoms with Crippen molar-refractivity contribution in [2.24, 2.45) is 5.90 Å². The molecule has 0 aromatic carbocycles. The first-order valence-electron chi connectivity index (χ1n) is 0.868. The van der Waals surface area contributed by atoms with Crippen LogP contribution in [0.1, 0.15) is 0 Å². The minimum Gasteiger partial charge on any atom is -0.325 e. The minimum atomic E-state index is -2.85. The van der Waals surface area contributed by atoms with E-state index >= 15 is 0 Å². The van der Waals surface area contributed by atoms with Gasteiger partial charge in [-0.3, -0.25) is 4.57 Å². The molecular weight excluding hydrogens is 93.0 g/mol. The molecule has 0 aromatic heterocycles. The Hall–Kier alpha value is 0.110. The van der Waals surface area contributed by atoms with Gasteiger partial charge in [-0.25, -0.2) is 10.5 Å². The van der Waals surface area contributed by atoms with Crippen LogP contribution in [0, 0.1) is 0 Å².